The van der Waals surface area contributed by atoms with E-state index in [1.165, 1.54) is 11.0 Å². The average molecular weight is 523 g/mol. The molecule has 2 aliphatic heterocycles. The van der Waals surface area contributed by atoms with Crippen LogP contribution in [0.4, 0.5) is 30.5 Å². The molecule has 1 N–H and O–H groups in total. The third-order valence-corrected chi connectivity index (χ3v) is 7.30. The molecule has 3 aromatic rings. The van der Waals surface area contributed by atoms with Gasteiger partial charge < -0.3 is 5.32 Å². The number of carbonyl (C=O) groups excluding carboxylic acids is 2. The van der Waals surface area contributed by atoms with E-state index in [0.29, 0.717) is 35.6 Å². The SMILES string of the molecule is CN1C(=O)c2c(nn(Cc3ccc(C(=O)C(C)(F)F)c(F)c3)c2Nc2ccccc2)N2C1=N[C@@H]1CCC[C@@H]12. The molecule has 1 amide bonds. The van der Waals surface area contributed by atoms with Gasteiger partial charge in [-0.1, -0.05) is 24.3 Å². The predicted molar refractivity (Wildman–Crippen MR) is 136 cm³/mol. The predicted octanol–water partition coefficient (Wildman–Crippen LogP) is 4.83. The molecule has 3 aliphatic rings. The molecule has 0 spiro atoms. The van der Waals surface area contributed by atoms with Gasteiger partial charge in [0.2, 0.25) is 11.7 Å². The van der Waals surface area contributed by atoms with Crippen molar-refractivity contribution >= 4 is 35.0 Å². The molecular weight excluding hydrogens is 497 g/mol. The Bertz CT molecular complexity index is 1480. The van der Waals surface area contributed by atoms with Crippen LogP contribution < -0.4 is 10.2 Å². The molecule has 0 saturated heterocycles. The molecule has 11 heteroatoms. The third-order valence-electron chi connectivity index (χ3n) is 7.30. The fourth-order valence-corrected chi connectivity index (χ4v) is 5.46. The molecular formula is C27H25F3N6O2. The van der Waals surface area contributed by atoms with Crippen LogP contribution >= 0.6 is 0 Å². The molecule has 1 aromatic heterocycles. The standard InChI is InChI=1S/C27H25F3N6O2/c1-27(29,30)22(37)17-12-11-15(13-18(17)28)14-35-23(31-16-7-4-3-5-8-16)21-24(33-35)36-20-10-6-9-19(20)32-26(36)34(2)25(21)38/h3-5,7-8,11-13,19-20,31H,6,9-10,14H2,1-2H3/t19-,20+/m1/s1. The van der Waals surface area contributed by atoms with Crippen LogP contribution in [0.25, 0.3) is 0 Å². The Morgan fingerprint density at radius 1 is 1.16 bits per heavy atom. The van der Waals surface area contributed by atoms with Crippen LogP contribution in [-0.4, -0.2) is 57.4 Å². The number of carbonyl (C=O) groups is 2. The first-order valence-electron chi connectivity index (χ1n) is 12.4. The molecule has 3 heterocycles. The Morgan fingerprint density at radius 2 is 1.92 bits per heavy atom. The largest absolute Gasteiger partial charge is 0.340 e. The summed E-state index contributed by atoms with van der Waals surface area (Å²) in [6.07, 6.45) is 2.90. The van der Waals surface area contributed by atoms with Crippen LogP contribution in [0.5, 0.6) is 0 Å². The van der Waals surface area contributed by atoms with Crippen molar-refractivity contribution in [3.8, 4) is 0 Å². The van der Waals surface area contributed by atoms with E-state index in [9.17, 15) is 22.8 Å². The van der Waals surface area contributed by atoms with Gasteiger partial charge in [0, 0.05) is 19.7 Å². The number of benzene rings is 2. The van der Waals surface area contributed by atoms with Gasteiger partial charge in [0.05, 0.1) is 24.2 Å². The van der Waals surface area contributed by atoms with Crippen molar-refractivity contribution in [3.05, 3.63) is 71.0 Å². The summed E-state index contributed by atoms with van der Waals surface area (Å²) < 4.78 is 43.3. The first-order valence-corrected chi connectivity index (χ1v) is 12.4. The first kappa shape index (κ1) is 24.2. The number of aromatic nitrogens is 2. The van der Waals surface area contributed by atoms with Crippen molar-refractivity contribution in [2.45, 2.75) is 50.7 Å². The lowest BCUT2D eigenvalue weighted by molar-refractivity contribution is 0.0217. The number of nitrogens with one attached hydrogen (secondary N) is 1. The molecule has 0 bridgehead atoms. The van der Waals surface area contributed by atoms with Gasteiger partial charge >= 0.3 is 5.92 Å². The summed E-state index contributed by atoms with van der Waals surface area (Å²) in [5, 5.41) is 8.09. The van der Waals surface area contributed by atoms with E-state index in [-0.39, 0.29) is 24.5 Å². The Balaban J connectivity index is 1.43. The molecule has 1 aliphatic carbocycles. The quantitative estimate of drug-likeness (QED) is 0.469. The van der Waals surface area contributed by atoms with E-state index in [2.05, 4.69) is 5.32 Å². The highest BCUT2D eigenvalue weighted by Crippen LogP contribution is 2.43. The van der Waals surface area contributed by atoms with E-state index in [0.717, 1.165) is 37.1 Å². The van der Waals surface area contributed by atoms with Crippen molar-refractivity contribution in [2.24, 2.45) is 4.99 Å². The van der Waals surface area contributed by atoms with Crippen molar-refractivity contribution in [1.29, 1.82) is 0 Å². The van der Waals surface area contributed by atoms with Crippen LogP contribution in [0.15, 0.2) is 53.5 Å². The number of Topliss-reactive ketones (excluding diaryl/α,β-unsaturated/α-hetero) is 1. The Morgan fingerprint density at radius 3 is 2.63 bits per heavy atom. The highest BCUT2D eigenvalue weighted by atomic mass is 19.3. The van der Waals surface area contributed by atoms with E-state index in [4.69, 9.17) is 10.1 Å². The van der Waals surface area contributed by atoms with Gasteiger partial charge in [-0.05, 0) is 49.1 Å². The Kier molecular flexibility index (Phi) is 5.55. The number of ketones is 1. The molecule has 8 nitrogen and oxygen atoms in total. The Hall–Kier alpha value is -4.15. The van der Waals surface area contributed by atoms with E-state index >= 15 is 0 Å². The molecule has 0 unspecified atom stereocenters. The third kappa shape index (κ3) is 3.84. The van der Waals surface area contributed by atoms with Gasteiger partial charge in [-0.25, -0.2) is 14.1 Å². The Labute approximate surface area is 216 Å². The summed E-state index contributed by atoms with van der Waals surface area (Å²) in [5.74, 6) is -5.10. The van der Waals surface area contributed by atoms with E-state index < -0.39 is 23.1 Å². The summed E-state index contributed by atoms with van der Waals surface area (Å²) in [7, 11) is 1.69. The minimum Gasteiger partial charge on any atom is -0.340 e. The zero-order valence-electron chi connectivity index (χ0n) is 20.8. The summed E-state index contributed by atoms with van der Waals surface area (Å²) >= 11 is 0. The fourth-order valence-electron chi connectivity index (χ4n) is 5.46. The monoisotopic (exact) mass is 522 g/mol. The second-order valence-electron chi connectivity index (χ2n) is 9.96. The van der Waals surface area contributed by atoms with Gasteiger partial charge in [-0.3, -0.25) is 19.4 Å². The molecule has 38 heavy (non-hydrogen) atoms. The number of hydrogen-bond donors (Lipinski definition) is 1. The molecule has 0 radical (unpaired) electrons. The number of nitrogens with zero attached hydrogens (tertiary/aromatic N) is 5. The van der Waals surface area contributed by atoms with Crippen molar-refractivity contribution in [2.75, 3.05) is 17.3 Å². The van der Waals surface area contributed by atoms with Gasteiger partial charge in [0.1, 0.15) is 17.2 Å². The number of anilines is 3. The van der Waals surface area contributed by atoms with Crippen LogP contribution in [0.1, 0.15) is 52.5 Å². The summed E-state index contributed by atoms with van der Waals surface area (Å²) in [6, 6.07) is 13.0. The van der Waals surface area contributed by atoms with Crippen molar-refractivity contribution in [1.82, 2.24) is 14.7 Å². The number of hydrogen-bond acceptors (Lipinski definition) is 6. The number of fused-ring (bicyclic) bond motifs is 5. The highest BCUT2D eigenvalue weighted by Gasteiger charge is 2.49. The van der Waals surface area contributed by atoms with Crippen LogP contribution in [0.3, 0.4) is 0 Å². The number of rotatable bonds is 6. The van der Waals surface area contributed by atoms with Crippen molar-refractivity contribution < 1.29 is 22.8 Å². The zero-order valence-corrected chi connectivity index (χ0v) is 20.8. The van der Waals surface area contributed by atoms with E-state index in [1.54, 1.807) is 11.7 Å². The second-order valence-corrected chi connectivity index (χ2v) is 9.96. The number of guanidine groups is 1. The minimum absolute atomic E-state index is 0.0292. The van der Waals surface area contributed by atoms with Crippen LogP contribution in [0, 0.1) is 5.82 Å². The average Bonchev–Trinajstić information content (AvgIpc) is 3.56. The molecule has 2 atom stereocenters. The normalized spacial score (nSPS) is 20.2. The maximum Gasteiger partial charge on any atom is 0.307 e. The fraction of sp³-hybridized carbons (Fsp3) is 0.333. The maximum absolute atomic E-state index is 14.8. The molecule has 196 valence electrons. The summed E-state index contributed by atoms with van der Waals surface area (Å²) in [5.41, 5.74) is 0.819. The number of alkyl halides is 2. The molecule has 1 fully saturated rings. The lowest BCUT2D eigenvalue weighted by Gasteiger charge is -2.34. The van der Waals surface area contributed by atoms with Crippen LogP contribution in [0.2, 0.25) is 0 Å². The minimum atomic E-state index is -3.68. The smallest absolute Gasteiger partial charge is 0.307 e. The number of para-hydroxylation sites is 1. The molecule has 1 saturated carbocycles. The summed E-state index contributed by atoms with van der Waals surface area (Å²) in [6.45, 7) is 0.471. The molecule has 6 rings (SSSR count). The summed E-state index contributed by atoms with van der Waals surface area (Å²) in [4.78, 5) is 33.9. The second kappa shape index (κ2) is 8.71. The van der Waals surface area contributed by atoms with E-state index in [1.807, 2.05) is 35.2 Å². The maximum atomic E-state index is 14.8. The lowest BCUT2D eigenvalue weighted by atomic mass is 10.0. The van der Waals surface area contributed by atoms with Gasteiger partial charge in [0.25, 0.3) is 5.91 Å². The highest BCUT2D eigenvalue weighted by molar-refractivity contribution is 6.21. The molecule has 2 aromatic carbocycles. The van der Waals surface area contributed by atoms with Gasteiger partial charge in [0.15, 0.2) is 5.82 Å². The first-order chi connectivity index (χ1) is 18.1. The van der Waals surface area contributed by atoms with Crippen molar-refractivity contribution in [3.63, 3.8) is 0 Å². The van der Waals surface area contributed by atoms with Crippen LogP contribution in [-0.2, 0) is 6.54 Å². The zero-order chi connectivity index (χ0) is 26.8. The number of aliphatic imine (C=N–C) groups is 1. The number of amides is 1. The van der Waals surface area contributed by atoms with Gasteiger partial charge in [-0.2, -0.15) is 13.9 Å². The number of halogens is 3. The lowest BCUT2D eigenvalue weighted by Crippen LogP contribution is -2.51. The van der Waals surface area contributed by atoms with Gasteiger partial charge in [-0.15, -0.1) is 0 Å². The topological polar surface area (TPSA) is 82.8 Å².